The minimum absolute atomic E-state index is 0.0336. The number of carbonyl (C=O) groups is 1. The van der Waals surface area contributed by atoms with Crippen LogP contribution in [0.5, 0.6) is 0 Å². The first-order valence-electron chi connectivity index (χ1n) is 6.82. The van der Waals surface area contributed by atoms with Crippen LogP contribution in [-0.4, -0.2) is 12.0 Å². The fraction of sp³-hybridized carbons (Fsp3) is 0.533. The molecule has 1 nitrogen and oxygen atoms in total. The van der Waals surface area contributed by atoms with Crippen molar-refractivity contribution in [1.29, 1.82) is 0 Å². The minimum atomic E-state index is -4.31. The van der Waals surface area contributed by atoms with Crippen LogP contribution in [0.4, 0.5) is 13.2 Å². The fourth-order valence-electron chi connectivity index (χ4n) is 2.89. The zero-order chi connectivity index (χ0) is 15.6. The molecular weight excluding hydrogens is 324 g/mol. The summed E-state index contributed by atoms with van der Waals surface area (Å²) >= 11 is 11.6. The second kappa shape index (κ2) is 6.57. The van der Waals surface area contributed by atoms with Gasteiger partial charge in [0.25, 0.3) is 0 Å². The van der Waals surface area contributed by atoms with Gasteiger partial charge in [-0.3, -0.25) is 4.79 Å². The van der Waals surface area contributed by atoms with Crippen molar-refractivity contribution in [3.8, 4) is 0 Å². The predicted molar refractivity (Wildman–Crippen MR) is 76.7 cm³/mol. The third-order valence-electron chi connectivity index (χ3n) is 3.96. The summed E-state index contributed by atoms with van der Waals surface area (Å²) in [5.41, 5.74) is 0.598. The molecule has 2 unspecified atom stereocenters. The van der Waals surface area contributed by atoms with Crippen LogP contribution < -0.4 is 0 Å². The highest BCUT2D eigenvalue weighted by Gasteiger charge is 2.47. The molecule has 0 aliphatic heterocycles. The topological polar surface area (TPSA) is 17.1 Å². The summed E-state index contributed by atoms with van der Waals surface area (Å²) in [7, 11) is 0. The lowest BCUT2D eigenvalue weighted by atomic mass is 9.75. The van der Waals surface area contributed by atoms with Crippen molar-refractivity contribution < 1.29 is 18.0 Å². The molecule has 0 radical (unpaired) electrons. The van der Waals surface area contributed by atoms with Gasteiger partial charge in [0.15, 0.2) is 0 Å². The molecule has 0 spiro atoms. The standard InChI is InChI=1S/C15H15Cl2F3O/c16-12-6-5-9(7-13(12)17)8-14(21)10-3-1-2-4-11(10)15(18,19)20/h5-7,10-11H,1-4,8H2. The first-order valence-corrected chi connectivity index (χ1v) is 7.58. The number of alkyl halides is 3. The average Bonchev–Trinajstić information content (AvgIpc) is 2.42. The molecule has 1 aromatic rings. The molecule has 0 bridgehead atoms. The Morgan fingerprint density at radius 2 is 1.81 bits per heavy atom. The summed E-state index contributed by atoms with van der Waals surface area (Å²) in [4.78, 5) is 12.2. The van der Waals surface area contributed by atoms with Crippen LogP contribution >= 0.6 is 23.2 Å². The summed E-state index contributed by atoms with van der Waals surface area (Å²) in [6.45, 7) is 0. The quantitative estimate of drug-likeness (QED) is 0.713. The molecule has 0 N–H and O–H groups in total. The summed E-state index contributed by atoms with van der Waals surface area (Å²) in [6.07, 6.45) is -2.79. The number of hydrogen-bond donors (Lipinski definition) is 0. The molecule has 1 aliphatic carbocycles. The number of benzene rings is 1. The zero-order valence-corrected chi connectivity index (χ0v) is 12.7. The van der Waals surface area contributed by atoms with Gasteiger partial charge in [0, 0.05) is 12.3 Å². The number of rotatable bonds is 3. The van der Waals surface area contributed by atoms with Crippen LogP contribution in [0.1, 0.15) is 31.2 Å². The third-order valence-corrected chi connectivity index (χ3v) is 4.70. The van der Waals surface area contributed by atoms with Crippen LogP contribution in [0.15, 0.2) is 18.2 Å². The van der Waals surface area contributed by atoms with Crippen LogP contribution in [0.2, 0.25) is 10.0 Å². The van der Waals surface area contributed by atoms with Gasteiger partial charge < -0.3 is 0 Å². The highest BCUT2D eigenvalue weighted by Crippen LogP contribution is 2.42. The molecule has 1 aliphatic rings. The molecule has 0 saturated heterocycles. The maximum Gasteiger partial charge on any atom is 0.392 e. The molecule has 0 amide bonds. The molecule has 1 aromatic carbocycles. The Labute approximate surface area is 131 Å². The number of halogens is 5. The third kappa shape index (κ3) is 4.13. The Kier molecular flexibility index (Phi) is 5.20. The van der Waals surface area contributed by atoms with Gasteiger partial charge >= 0.3 is 6.18 Å². The maximum absolute atomic E-state index is 13.0. The van der Waals surface area contributed by atoms with Crippen molar-refractivity contribution >= 4 is 29.0 Å². The lowest BCUT2D eigenvalue weighted by Crippen LogP contribution is -2.37. The molecule has 2 atom stereocenters. The monoisotopic (exact) mass is 338 g/mol. The molecule has 116 valence electrons. The van der Waals surface area contributed by atoms with Gasteiger partial charge in [-0.2, -0.15) is 13.2 Å². The second-order valence-electron chi connectivity index (χ2n) is 5.43. The summed E-state index contributed by atoms with van der Waals surface area (Å²) in [5, 5.41) is 0.664. The Bertz CT molecular complexity index is 528. The van der Waals surface area contributed by atoms with Gasteiger partial charge in [-0.05, 0) is 30.5 Å². The average molecular weight is 339 g/mol. The lowest BCUT2D eigenvalue weighted by Gasteiger charge is -2.32. The minimum Gasteiger partial charge on any atom is -0.299 e. The normalized spacial score (nSPS) is 23.1. The Hall–Kier alpha value is -0.740. The summed E-state index contributed by atoms with van der Waals surface area (Å²) in [6, 6.07) is 4.71. The first-order chi connectivity index (χ1) is 9.79. The molecule has 6 heteroatoms. The number of carbonyl (C=O) groups excluding carboxylic acids is 1. The van der Waals surface area contributed by atoms with Crippen LogP contribution in [-0.2, 0) is 11.2 Å². The van der Waals surface area contributed by atoms with E-state index < -0.39 is 18.0 Å². The predicted octanol–water partition coefficient (Wildman–Crippen LogP) is 5.47. The summed E-state index contributed by atoms with van der Waals surface area (Å²) < 4.78 is 39.1. The highest BCUT2D eigenvalue weighted by atomic mass is 35.5. The highest BCUT2D eigenvalue weighted by molar-refractivity contribution is 6.42. The van der Waals surface area contributed by atoms with Crippen LogP contribution in [0.25, 0.3) is 0 Å². The molecule has 1 fully saturated rings. The van der Waals surface area contributed by atoms with E-state index in [0.29, 0.717) is 34.9 Å². The van der Waals surface area contributed by atoms with Crippen molar-refractivity contribution in [3.63, 3.8) is 0 Å². The Balaban J connectivity index is 2.12. The SMILES string of the molecule is O=C(Cc1ccc(Cl)c(Cl)c1)C1CCCCC1C(F)(F)F. The van der Waals surface area contributed by atoms with E-state index in [1.54, 1.807) is 12.1 Å². The van der Waals surface area contributed by atoms with E-state index in [9.17, 15) is 18.0 Å². The number of ketones is 1. The van der Waals surface area contributed by atoms with Crippen molar-refractivity contribution in [1.82, 2.24) is 0 Å². The largest absolute Gasteiger partial charge is 0.392 e. The van der Waals surface area contributed by atoms with Gasteiger partial charge in [-0.15, -0.1) is 0 Å². The second-order valence-corrected chi connectivity index (χ2v) is 6.25. The molecule has 21 heavy (non-hydrogen) atoms. The van der Waals surface area contributed by atoms with Gasteiger partial charge in [0.05, 0.1) is 16.0 Å². The van der Waals surface area contributed by atoms with Crippen molar-refractivity contribution in [2.75, 3.05) is 0 Å². The van der Waals surface area contributed by atoms with E-state index in [1.165, 1.54) is 6.07 Å². The van der Waals surface area contributed by atoms with Crippen LogP contribution in [0.3, 0.4) is 0 Å². The molecular formula is C15H15Cl2F3O. The van der Waals surface area contributed by atoms with Gasteiger partial charge in [0.2, 0.25) is 0 Å². The smallest absolute Gasteiger partial charge is 0.299 e. The van der Waals surface area contributed by atoms with E-state index in [-0.39, 0.29) is 18.6 Å². The van der Waals surface area contributed by atoms with E-state index in [2.05, 4.69) is 0 Å². The number of Topliss-reactive ketones (excluding diaryl/α,β-unsaturated/α-hetero) is 1. The molecule has 2 rings (SSSR count). The van der Waals surface area contributed by atoms with E-state index >= 15 is 0 Å². The van der Waals surface area contributed by atoms with Gasteiger partial charge in [0.1, 0.15) is 5.78 Å². The summed E-state index contributed by atoms with van der Waals surface area (Å²) in [5.74, 6) is -2.81. The molecule has 1 saturated carbocycles. The zero-order valence-electron chi connectivity index (χ0n) is 11.2. The molecule has 0 aromatic heterocycles. The fourth-order valence-corrected chi connectivity index (χ4v) is 3.21. The van der Waals surface area contributed by atoms with Gasteiger partial charge in [-0.25, -0.2) is 0 Å². The maximum atomic E-state index is 13.0. The lowest BCUT2D eigenvalue weighted by molar-refractivity contribution is -0.197. The van der Waals surface area contributed by atoms with Gasteiger partial charge in [-0.1, -0.05) is 42.1 Å². The van der Waals surface area contributed by atoms with E-state index in [0.717, 1.165) is 0 Å². The Morgan fingerprint density at radius 3 is 2.43 bits per heavy atom. The number of hydrogen-bond acceptors (Lipinski definition) is 1. The molecule has 0 heterocycles. The van der Waals surface area contributed by atoms with E-state index in [1.807, 2.05) is 0 Å². The van der Waals surface area contributed by atoms with E-state index in [4.69, 9.17) is 23.2 Å². The Morgan fingerprint density at radius 1 is 1.14 bits per heavy atom. The van der Waals surface area contributed by atoms with Crippen molar-refractivity contribution in [2.45, 2.75) is 38.3 Å². The van der Waals surface area contributed by atoms with Crippen molar-refractivity contribution in [2.24, 2.45) is 11.8 Å². The van der Waals surface area contributed by atoms with Crippen LogP contribution in [0, 0.1) is 11.8 Å². The van der Waals surface area contributed by atoms with Crippen molar-refractivity contribution in [3.05, 3.63) is 33.8 Å². The first kappa shape index (κ1) is 16.6.